The van der Waals surface area contributed by atoms with E-state index in [4.69, 9.17) is 23.7 Å². The van der Waals surface area contributed by atoms with E-state index in [1.54, 1.807) is 0 Å². The lowest BCUT2D eigenvalue weighted by Crippen LogP contribution is -2.55. The minimum absolute atomic E-state index is 0.0610. The minimum atomic E-state index is -1.06. The highest BCUT2D eigenvalue weighted by Gasteiger charge is 2.44. The van der Waals surface area contributed by atoms with Gasteiger partial charge in [-0.2, -0.15) is 0 Å². The Balaban J connectivity index is 2.00. The van der Waals surface area contributed by atoms with Crippen molar-refractivity contribution in [3.05, 3.63) is 0 Å². The molecule has 1 saturated heterocycles. The van der Waals surface area contributed by atoms with E-state index in [0.717, 1.165) is 44.9 Å². The van der Waals surface area contributed by atoms with Crippen LogP contribution < -0.4 is 5.32 Å². The van der Waals surface area contributed by atoms with E-state index in [0.29, 0.717) is 12.8 Å². The Morgan fingerprint density at radius 3 is 2.17 bits per heavy atom. The first-order valence-corrected chi connectivity index (χ1v) is 12.6. The van der Waals surface area contributed by atoms with Crippen molar-refractivity contribution in [3.63, 3.8) is 0 Å². The van der Waals surface area contributed by atoms with E-state index in [9.17, 15) is 24.0 Å². The summed E-state index contributed by atoms with van der Waals surface area (Å²) in [5.41, 5.74) is -0.419. The molecule has 2 fully saturated rings. The summed E-state index contributed by atoms with van der Waals surface area (Å²) in [6.45, 7) is 4.87. The molecule has 1 aliphatic heterocycles. The lowest BCUT2D eigenvalue weighted by Gasteiger charge is -2.44. The number of carbonyl (C=O) groups excluding carboxylic acids is 5. The average Bonchev–Trinajstić information content (AvgIpc) is 2.74. The molecule has 1 aliphatic carbocycles. The molecule has 36 heavy (non-hydrogen) atoms. The largest absolute Gasteiger partial charge is 0.466 e. The number of esters is 4. The van der Waals surface area contributed by atoms with Gasteiger partial charge in [-0.1, -0.05) is 6.42 Å². The Kier molecular flexibility index (Phi) is 11.5. The summed E-state index contributed by atoms with van der Waals surface area (Å²) in [5, 5.41) is 2.87. The molecule has 204 valence electrons. The predicted octanol–water partition coefficient (Wildman–Crippen LogP) is 3.11. The Hall–Kier alpha value is -2.85. The number of unbranched alkanes of at least 4 members (excludes halogenated alkanes) is 2. The second kappa shape index (κ2) is 14.0. The van der Waals surface area contributed by atoms with Crippen LogP contribution in [0.2, 0.25) is 0 Å². The molecule has 1 amide bonds. The summed E-state index contributed by atoms with van der Waals surface area (Å²) in [5.74, 6) is -2.30. The highest BCUT2D eigenvalue weighted by molar-refractivity contribution is 5.69. The van der Waals surface area contributed by atoms with Gasteiger partial charge in [0.25, 0.3) is 0 Å². The number of nitrogens with one attached hydrogen (secondary N) is 1. The molecule has 5 unspecified atom stereocenters. The number of alkyl carbamates (subject to hydrolysis) is 1. The predicted molar refractivity (Wildman–Crippen MR) is 126 cm³/mol. The minimum Gasteiger partial charge on any atom is -0.466 e. The summed E-state index contributed by atoms with van der Waals surface area (Å²) in [4.78, 5) is 58.5. The van der Waals surface area contributed by atoms with Gasteiger partial charge in [0.05, 0.1) is 6.61 Å². The topological polar surface area (TPSA) is 144 Å². The number of carbonyl (C=O) groups is 5. The first-order chi connectivity index (χ1) is 17.0. The quantitative estimate of drug-likeness (QED) is 0.209. The summed E-state index contributed by atoms with van der Waals surface area (Å²) in [7, 11) is 0. The van der Waals surface area contributed by atoms with Crippen LogP contribution in [0.1, 0.15) is 91.9 Å². The van der Waals surface area contributed by atoms with E-state index in [1.165, 1.54) is 27.7 Å². The van der Waals surface area contributed by atoms with Gasteiger partial charge in [0.15, 0.2) is 6.10 Å². The maximum atomic E-state index is 11.9. The molecule has 0 aromatic carbocycles. The third kappa shape index (κ3) is 10.0. The van der Waals surface area contributed by atoms with Crippen LogP contribution in [0.5, 0.6) is 0 Å². The van der Waals surface area contributed by atoms with Gasteiger partial charge in [-0.05, 0) is 44.9 Å². The molecule has 1 N–H and O–H groups in total. The third-order valence-electron chi connectivity index (χ3n) is 6.43. The van der Waals surface area contributed by atoms with Gasteiger partial charge in [0.2, 0.25) is 0 Å². The second-order valence-electron chi connectivity index (χ2n) is 9.61. The van der Waals surface area contributed by atoms with E-state index in [-0.39, 0.29) is 25.2 Å². The van der Waals surface area contributed by atoms with Crippen LogP contribution in [-0.4, -0.2) is 66.5 Å². The third-order valence-corrected chi connectivity index (χ3v) is 6.43. The molecule has 1 saturated carbocycles. The van der Waals surface area contributed by atoms with Gasteiger partial charge in [-0.25, -0.2) is 4.79 Å². The number of amides is 1. The van der Waals surface area contributed by atoms with Crippen molar-refractivity contribution < 1.29 is 47.7 Å². The molecule has 2 bridgehead atoms. The fourth-order valence-corrected chi connectivity index (χ4v) is 5.09. The normalized spacial score (nSPS) is 23.2. The molecule has 11 nitrogen and oxygen atoms in total. The standard InChI is InChI=1S/C25H39NO10/c1-16(27)32-14-11-22(34-18(3)29)23(35-19(4)30)21(33-17(2)28)10-6-5-7-12-25-13-8-9-20(15-25)26-24(31)36-25/h20-23H,5-15H2,1-4H3,(H,26,31). The van der Waals surface area contributed by atoms with E-state index in [1.807, 2.05) is 0 Å². The number of fused-ring (bicyclic) bond motifs is 2. The van der Waals surface area contributed by atoms with Crippen molar-refractivity contribution in [2.75, 3.05) is 6.61 Å². The zero-order chi connectivity index (χ0) is 26.7. The van der Waals surface area contributed by atoms with Crippen molar-refractivity contribution in [1.82, 2.24) is 5.32 Å². The zero-order valence-electron chi connectivity index (χ0n) is 21.7. The SMILES string of the molecule is CC(=O)OCCC(OC(C)=O)C(OC(C)=O)C(CCCCCC12CCCC(C1)NC(=O)O2)OC(C)=O. The Bertz CT molecular complexity index is 800. The summed E-state index contributed by atoms with van der Waals surface area (Å²) < 4.78 is 26.9. The van der Waals surface area contributed by atoms with Gasteiger partial charge >= 0.3 is 30.0 Å². The molecular formula is C25H39NO10. The van der Waals surface area contributed by atoms with Crippen LogP contribution in [0.15, 0.2) is 0 Å². The monoisotopic (exact) mass is 513 g/mol. The van der Waals surface area contributed by atoms with E-state index >= 15 is 0 Å². The second-order valence-corrected chi connectivity index (χ2v) is 9.61. The number of rotatable bonds is 14. The number of ether oxygens (including phenoxy) is 5. The molecule has 2 rings (SSSR count). The van der Waals surface area contributed by atoms with Gasteiger partial charge in [-0.3, -0.25) is 19.2 Å². The molecule has 0 aromatic heterocycles. The maximum absolute atomic E-state index is 11.9. The van der Waals surface area contributed by atoms with Crippen molar-refractivity contribution in [2.24, 2.45) is 0 Å². The summed E-state index contributed by atoms with van der Waals surface area (Å²) in [6, 6.07) is 0.169. The van der Waals surface area contributed by atoms with E-state index in [2.05, 4.69) is 5.32 Å². The Morgan fingerprint density at radius 2 is 1.56 bits per heavy atom. The maximum Gasteiger partial charge on any atom is 0.407 e. The van der Waals surface area contributed by atoms with Crippen LogP contribution in [0.3, 0.4) is 0 Å². The van der Waals surface area contributed by atoms with Crippen molar-refractivity contribution in [1.29, 1.82) is 0 Å². The van der Waals surface area contributed by atoms with Crippen LogP contribution >= 0.6 is 0 Å². The van der Waals surface area contributed by atoms with Crippen LogP contribution in [0, 0.1) is 0 Å². The summed E-state index contributed by atoms with van der Waals surface area (Å²) >= 11 is 0. The number of hydrogen-bond donors (Lipinski definition) is 1. The lowest BCUT2D eigenvalue weighted by molar-refractivity contribution is -0.185. The van der Waals surface area contributed by atoms with Crippen molar-refractivity contribution >= 4 is 30.0 Å². The molecule has 1 heterocycles. The molecule has 2 aliphatic rings. The van der Waals surface area contributed by atoms with Gasteiger partial charge in [0.1, 0.15) is 17.8 Å². The highest BCUT2D eigenvalue weighted by atomic mass is 16.6. The molecule has 11 heteroatoms. The smallest absolute Gasteiger partial charge is 0.407 e. The lowest BCUT2D eigenvalue weighted by atomic mass is 9.77. The fraction of sp³-hybridized carbons (Fsp3) is 0.800. The van der Waals surface area contributed by atoms with Crippen LogP contribution in [0.4, 0.5) is 4.79 Å². The van der Waals surface area contributed by atoms with Crippen LogP contribution in [-0.2, 0) is 42.9 Å². The number of hydrogen-bond acceptors (Lipinski definition) is 10. The Morgan fingerprint density at radius 1 is 0.917 bits per heavy atom. The van der Waals surface area contributed by atoms with Crippen molar-refractivity contribution in [3.8, 4) is 0 Å². The first-order valence-electron chi connectivity index (χ1n) is 12.6. The first kappa shape index (κ1) is 29.4. The van der Waals surface area contributed by atoms with Crippen LogP contribution in [0.25, 0.3) is 0 Å². The molecule has 0 radical (unpaired) electrons. The molecule has 0 spiro atoms. The van der Waals surface area contributed by atoms with Gasteiger partial charge < -0.3 is 29.0 Å². The molecular weight excluding hydrogens is 474 g/mol. The van der Waals surface area contributed by atoms with Gasteiger partial charge in [0, 0.05) is 46.6 Å². The van der Waals surface area contributed by atoms with Gasteiger partial charge in [-0.15, -0.1) is 0 Å². The van der Waals surface area contributed by atoms with Crippen molar-refractivity contribution in [2.45, 2.75) is 122 Å². The Labute approximate surface area is 211 Å². The average molecular weight is 514 g/mol. The zero-order valence-corrected chi connectivity index (χ0v) is 21.7. The molecule has 5 atom stereocenters. The highest BCUT2D eigenvalue weighted by Crippen LogP contribution is 2.39. The fourth-order valence-electron chi connectivity index (χ4n) is 5.09. The molecule has 0 aromatic rings. The van der Waals surface area contributed by atoms with E-state index < -0.39 is 47.8 Å². The summed E-state index contributed by atoms with van der Waals surface area (Å²) in [6.07, 6.45) is 3.81.